The number of carbonyl (C=O) groups excluding carboxylic acids is 2. The molecule has 0 unspecified atom stereocenters. The molecule has 1 atom stereocenters. The first-order valence-corrected chi connectivity index (χ1v) is 9.29. The molecule has 0 spiro atoms. The van der Waals surface area contributed by atoms with Crippen LogP contribution in [0.3, 0.4) is 0 Å². The average Bonchev–Trinajstić information content (AvgIpc) is 2.60. The van der Waals surface area contributed by atoms with Gasteiger partial charge in [0.2, 0.25) is 5.91 Å². The van der Waals surface area contributed by atoms with Crippen LogP contribution >= 0.6 is 0 Å². The molecule has 0 fully saturated rings. The molecule has 4 heteroatoms. The number of ketones is 1. The van der Waals surface area contributed by atoms with Gasteiger partial charge in [-0.1, -0.05) is 50.2 Å². The first kappa shape index (κ1) is 17.5. The number of Topliss-reactive ketones (excluding diaryl/α,β-unsaturated/α-hetero) is 1. The van der Waals surface area contributed by atoms with Gasteiger partial charge in [0.1, 0.15) is 5.75 Å². The highest BCUT2D eigenvalue weighted by Gasteiger charge is 2.44. The minimum absolute atomic E-state index is 0.0429. The maximum Gasteiger partial charge on any atom is 0.232 e. The number of benzene rings is 2. The van der Waals surface area contributed by atoms with Gasteiger partial charge >= 0.3 is 0 Å². The molecule has 0 bridgehead atoms. The van der Waals surface area contributed by atoms with Crippen molar-refractivity contribution in [3.8, 4) is 5.75 Å². The van der Waals surface area contributed by atoms with E-state index in [2.05, 4.69) is 13.8 Å². The lowest BCUT2D eigenvalue weighted by Crippen LogP contribution is -2.43. The molecule has 0 aromatic heterocycles. The smallest absolute Gasteiger partial charge is 0.232 e. The summed E-state index contributed by atoms with van der Waals surface area (Å²) in [5.41, 5.74) is 2.95. The summed E-state index contributed by atoms with van der Waals surface area (Å²) >= 11 is 0. The number of rotatable bonds is 2. The summed E-state index contributed by atoms with van der Waals surface area (Å²) in [6.45, 7) is 4.12. The zero-order valence-corrected chi connectivity index (χ0v) is 15.6. The number of hydrogen-bond acceptors (Lipinski definition) is 3. The molecule has 2 aliphatic rings. The molecule has 138 valence electrons. The average molecular weight is 361 g/mol. The lowest BCUT2D eigenvalue weighted by atomic mass is 9.69. The van der Waals surface area contributed by atoms with Gasteiger partial charge in [-0.25, -0.2) is 0 Å². The molecule has 0 saturated carbocycles. The van der Waals surface area contributed by atoms with Gasteiger partial charge in [0, 0.05) is 36.1 Å². The van der Waals surface area contributed by atoms with Crippen molar-refractivity contribution in [2.75, 3.05) is 4.90 Å². The largest absolute Gasteiger partial charge is 0.508 e. The highest BCUT2D eigenvalue weighted by atomic mass is 16.3. The quantitative estimate of drug-likeness (QED) is 0.853. The summed E-state index contributed by atoms with van der Waals surface area (Å²) < 4.78 is 0. The Morgan fingerprint density at radius 2 is 1.74 bits per heavy atom. The summed E-state index contributed by atoms with van der Waals surface area (Å²) in [5, 5.41) is 9.89. The summed E-state index contributed by atoms with van der Waals surface area (Å²) in [6.07, 6.45) is 1.39. The summed E-state index contributed by atoms with van der Waals surface area (Å²) in [7, 11) is 0. The predicted octanol–water partition coefficient (Wildman–Crippen LogP) is 4.56. The number of phenols is 1. The van der Waals surface area contributed by atoms with E-state index in [0.717, 1.165) is 16.8 Å². The number of allylic oxidation sites excluding steroid dienone is 2. The Morgan fingerprint density at radius 3 is 2.44 bits per heavy atom. The van der Waals surface area contributed by atoms with Crippen LogP contribution in [0, 0.1) is 5.41 Å². The van der Waals surface area contributed by atoms with Gasteiger partial charge in [-0.3, -0.25) is 14.5 Å². The number of aromatic hydroxyl groups is 1. The molecule has 0 saturated heterocycles. The fourth-order valence-electron chi connectivity index (χ4n) is 4.32. The van der Waals surface area contributed by atoms with Gasteiger partial charge in [0.05, 0.1) is 5.69 Å². The zero-order chi connectivity index (χ0) is 19.2. The van der Waals surface area contributed by atoms with E-state index in [4.69, 9.17) is 0 Å². The maximum absolute atomic E-state index is 13.2. The van der Waals surface area contributed by atoms with Crippen LogP contribution in [0.2, 0.25) is 0 Å². The van der Waals surface area contributed by atoms with Crippen LogP contribution in [-0.2, 0) is 9.59 Å². The Hall–Kier alpha value is -2.88. The zero-order valence-electron chi connectivity index (χ0n) is 15.6. The Labute approximate surface area is 159 Å². The van der Waals surface area contributed by atoms with Crippen molar-refractivity contribution in [2.24, 2.45) is 5.41 Å². The van der Waals surface area contributed by atoms with Crippen molar-refractivity contribution in [2.45, 2.75) is 39.0 Å². The molecule has 1 heterocycles. The van der Waals surface area contributed by atoms with Crippen LogP contribution in [0.15, 0.2) is 65.9 Å². The third kappa shape index (κ3) is 3.16. The number of hydrogen-bond donors (Lipinski definition) is 1. The Bertz CT molecular complexity index is 943. The first-order chi connectivity index (χ1) is 12.9. The Morgan fingerprint density at radius 1 is 1.00 bits per heavy atom. The van der Waals surface area contributed by atoms with E-state index in [9.17, 15) is 14.7 Å². The fraction of sp³-hybridized carbons (Fsp3) is 0.304. The third-order valence-electron chi connectivity index (χ3n) is 5.43. The third-order valence-corrected chi connectivity index (χ3v) is 5.43. The number of nitrogens with zero attached hydrogens (tertiary/aromatic N) is 1. The summed E-state index contributed by atoms with van der Waals surface area (Å²) in [6, 6.07) is 16.5. The van der Waals surface area contributed by atoms with Crippen molar-refractivity contribution in [3.05, 3.63) is 71.4 Å². The van der Waals surface area contributed by atoms with Crippen molar-refractivity contribution >= 4 is 17.4 Å². The lowest BCUT2D eigenvalue weighted by Gasteiger charge is -2.43. The van der Waals surface area contributed by atoms with Crippen LogP contribution in [0.25, 0.3) is 0 Å². The second-order valence-electron chi connectivity index (χ2n) is 8.22. The van der Waals surface area contributed by atoms with Gasteiger partial charge in [-0.15, -0.1) is 0 Å². The van der Waals surface area contributed by atoms with Crippen LogP contribution < -0.4 is 4.90 Å². The number of carbonyl (C=O) groups is 2. The molecule has 2 aromatic carbocycles. The van der Waals surface area contributed by atoms with E-state index in [0.29, 0.717) is 18.5 Å². The van der Waals surface area contributed by atoms with Crippen LogP contribution in [0.5, 0.6) is 5.75 Å². The van der Waals surface area contributed by atoms with Gasteiger partial charge < -0.3 is 5.11 Å². The van der Waals surface area contributed by atoms with Crippen molar-refractivity contribution in [3.63, 3.8) is 0 Å². The minimum atomic E-state index is -0.205. The van der Waals surface area contributed by atoms with E-state index in [-0.39, 0.29) is 35.2 Å². The highest BCUT2D eigenvalue weighted by molar-refractivity contribution is 6.07. The molecule has 0 radical (unpaired) electrons. The Balaban J connectivity index is 1.91. The van der Waals surface area contributed by atoms with E-state index in [1.807, 2.05) is 30.3 Å². The Kier molecular flexibility index (Phi) is 4.14. The van der Waals surface area contributed by atoms with Crippen LogP contribution in [-0.4, -0.2) is 16.8 Å². The molecule has 1 aliphatic carbocycles. The standard InChI is InChI=1S/C23H23NO3/c1-23(2)13-19-22(20(26)14-23)18(15-7-4-3-5-8-15)12-21(27)24(19)16-9-6-10-17(25)11-16/h3-11,18,25H,12-14H2,1-2H3/t18-/m0/s1. The molecule has 1 N–H and O–H groups in total. The minimum Gasteiger partial charge on any atom is -0.508 e. The summed E-state index contributed by atoms with van der Waals surface area (Å²) in [5.74, 6) is -0.0219. The van der Waals surface area contributed by atoms with E-state index < -0.39 is 0 Å². The normalized spacial score (nSPS) is 22.0. The first-order valence-electron chi connectivity index (χ1n) is 9.29. The number of amides is 1. The molecular formula is C23H23NO3. The van der Waals surface area contributed by atoms with Gasteiger partial charge in [0.15, 0.2) is 5.78 Å². The van der Waals surface area contributed by atoms with Gasteiger partial charge in [0.25, 0.3) is 0 Å². The fourth-order valence-corrected chi connectivity index (χ4v) is 4.32. The van der Waals surface area contributed by atoms with Crippen LogP contribution in [0.1, 0.15) is 44.6 Å². The molecular weight excluding hydrogens is 338 g/mol. The number of anilines is 1. The summed E-state index contributed by atoms with van der Waals surface area (Å²) in [4.78, 5) is 27.9. The second-order valence-corrected chi connectivity index (χ2v) is 8.22. The predicted molar refractivity (Wildman–Crippen MR) is 104 cm³/mol. The topological polar surface area (TPSA) is 57.6 Å². The molecule has 4 nitrogen and oxygen atoms in total. The molecule has 4 rings (SSSR count). The van der Waals surface area contributed by atoms with Crippen molar-refractivity contribution in [1.29, 1.82) is 0 Å². The van der Waals surface area contributed by atoms with E-state index >= 15 is 0 Å². The SMILES string of the molecule is CC1(C)CC(=O)C2=C(C1)N(c1cccc(O)c1)C(=O)C[C@H]2c1ccccc1. The molecule has 1 amide bonds. The second kappa shape index (κ2) is 6.38. The molecule has 2 aromatic rings. The maximum atomic E-state index is 13.2. The number of phenolic OH excluding ortho intramolecular Hbond substituents is 1. The highest BCUT2D eigenvalue weighted by Crippen LogP contribution is 2.48. The monoisotopic (exact) mass is 361 g/mol. The molecule has 1 aliphatic heterocycles. The molecule has 27 heavy (non-hydrogen) atoms. The van der Waals surface area contributed by atoms with Gasteiger partial charge in [-0.2, -0.15) is 0 Å². The van der Waals surface area contributed by atoms with E-state index in [1.54, 1.807) is 29.2 Å². The van der Waals surface area contributed by atoms with Gasteiger partial charge in [-0.05, 0) is 29.5 Å². The van der Waals surface area contributed by atoms with Crippen molar-refractivity contribution < 1.29 is 14.7 Å². The van der Waals surface area contributed by atoms with E-state index in [1.165, 1.54) is 0 Å². The lowest BCUT2D eigenvalue weighted by molar-refractivity contribution is -0.121. The van der Waals surface area contributed by atoms with Crippen LogP contribution in [0.4, 0.5) is 5.69 Å². The van der Waals surface area contributed by atoms with Crippen molar-refractivity contribution in [1.82, 2.24) is 0 Å².